The lowest BCUT2D eigenvalue weighted by Crippen LogP contribution is -2.13. The summed E-state index contributed by atoms with van der Waals surface area (Å²) in [6, 6.07) is 8.55. The molecule has 0 unspecified atom stereocenters. The molecule has 0 atom stereocenters. The molecule has 1 amide bonds. The van der Waals surface area contributed by atoms with Gasteiger partial charge in [-0.15, -0.1) is 0 Å². The Morgan fingerprint density at radius 2 is 2.19 bits per heavy atom. The average Bonchev–Trinajstić information content (AvgIpc) is 2.47. The van der Waals surface area contributed by atoms with Crippen molar-refractivity contribution in [3.63, 3.8) is 0 Å². The number of anilines is 2. The smallest absolute Gasteiger partial charge is 0.257 e. The number of carbonyl (C=O) groups is 1. The first-order valence-electron chi connectivity index (χ1n) is 5.89. The lowest BCUT2D eigenvalue weighted by atomic mass is 10.2. The summed E-state index contributed by atoms with van der Waals surface area (Å²) in [4.78, 5) is 16.2. The maximum Gasteiger partial charge on any atom is 0.257 e. The predicted octanol–water partition coefficient (Wildman–Crippen LogP) is 3.66. The minimum absolute atomic E-state index is 0.308. The normalized spacial score (nSPS) is 9.81. The van der Waals surface area contributed by atoms with Gasteiger partial charge in [0, 0.05) is 17.7 Å². The van der Waals surface area contributed by atoms with Crippen LogP contribution in [0.3, 0.4) is 0 Å². The summed E-state index contributed by atoms with van der Waals surface area (Å²) in [7, 11) is 1.69. The Kier molecular flexibility index (Phi) is 4.78. The third-order valence-corrected chi connectivity index (χ3v) is 3.47. The molecule has 5 nitrogen and oxygen atoms in total. The van der Waals surface area contributed by atoms with Crippen LogP contribution >= 0.6 is 27.5 Å². The molecule has 106 valence electrons. The Labute approximate surface area is 135 Å². The number of benzene rings is 1. The van der Waals surface area contributed by atoms with Gasteiger partial charge in [-0.1, -0.05) is 27.5 Å². The van der Waals surface area contributed by atoms with Crippen molar-refractivity contribution in [3.05, 3.63) is 51.1 Å². The molecule has 7 heteroatoms. The van der Waals surface area contributed by atoms with Crippen LogP contribution in [0.2, 0.25) is 5.02 Å². The average molecular weight is 366 g/mol. The fraction of sp³-hybridized carbons (Fsp3) is 0.0714. The monoisotopic (exact) mass is 364 g/mol. The summed E-state index contributed by atoms with van der Waals surface area (Å²) in [6.45, 7) is 0. The standard InChI is InChI=1S/C14H10BrClN4O/c1-18-13-11(16)4-9(7-19-13)14(21)20-12-5-10(15)3-2-8(12)6-17/h2-5,7H,1H3,(H,18,19)(H,20,21). The van der Waals surface area contributed by atoms with E-state index in [1.54, 1.807) is 25.2 Å². The molecule has 1 aromatic carbocycles. The Hall–Kier alpha value is -2.10. The number of halogens is 2. The largest absolute Gasteiger partial charge is 0.372 e. The lowest BCUT2D eigenvalue weighted by Gasteiger charge is -2.09. The number of nitrogens with zero attached hydrogens (tertiary/aromatic N) is 2. The van der Waals surface area contributed by atoms with Crippen LogP contribution in [0, 0.1) is 11.3 Å². The molecule has 1 aromatic heterocycles. The van der Waals surface area contributed by atoms with E-state index >= 15 is 0 Å². The molecule has 0 saturated carbocycles. The first-order chi connectivity index (χ1) is 10.0. The zero-order valence-electron chi connectivity index (χ0n) is 10.9. The number of hydrogen-bond donors (Lipinski definition) is 2. The van der Waals surface area contributed by atoms with Gasteiger partial charge in [0.25, 0.3) is 5.91 Å². The van der Waals surface area contributed by atoms with E-state index in [-0.39, 0.29) is 5.91 Å². The highest BCUT2D eigenvalue weighted by Gasteiger charge is 2.12. The van der Waals surface area contributed by atoms with Crippen molar-refractivity contribution in [2.24, 2.45) is 0 Å². The minimum Gasteiger partial charge on any atom is -0.372 e. The van der Waals surface area contributed by atoms with E-state index < -0.39 is 0 Å². The van der Waals surface area contributed by atoms with Crippen LogP contribution in [0.25, 0.3) is 0 Å². The fourth-order valence-corrected chi connectivity index (χ4v) is 2.28. The second-order valence-corrected chi connectivity index (χ2v) is 5.38. The van der Waals surface area contributed by atoms with Gasteiger partial charge in [0.1, 0.15) is 11.9 Å². The van der Waals surface area contributed by atoms with Gasteiger partial charge in [0.15, 0.2) is 0 Å². The summed E-state index contributed by atoms with van der Waals surface area (Å²) in [6.07, 6.45) is 1.41. The number of carbonyl (C=O) groups excluding carboxylic acids is 1. The van der Waals surface area contributed by atoms with Crippen molar-refractivity contribution in [1.29, 1.82) is 5.26 Å². The van der Waals surface area contributed by atoms with Crippen molar-refractivity contribution in [3.8, 4) is 6.07 Å². The van der Waals surface area contributed by atoms with Crippen molar-refractivity contribution in [2.45, 2.75) is 0 Å². The Bertz CT molecular complexity index is 742. The summed E-state index contributed by atoms with van der Waals surface area (Å²) in [5, 5.41) is 14.9. The Balaban J connectivity index is 2.28. The molecule has 2 aromatic rings. The van der Waals surface area contributed by atoms with Gasteiger partial charge in [-0.2, -0.15) is 5.26 Å². The van der Waals surface area contributed by atoms with Crippen LogP contribution in [-0.2, 0) is 0 Å². The first kappa shape index (κ1) is 15.3. The van der Waals surface area contributed by atoms with Gasteiger partial charge >= 0.3 is 0 Å². The third kappa shape index (κ3) is 3.51. The molecule has 2 N–H and O–H groups in total. The van der Waals surface area contributed by atoms with Gasteiger partial charge in [-0.3, -0.25) is 4.79 Å². The highest BCUT2D eigenvalue weighted by molar-refractivity contribution is 9.10. The number of hydrogen-bond acceptors (Lipinski definition) is 4. The second-order valence-electron chi connectivity index (χ2n) is 4.06. The topological polar surface area (TPSA) is 77.8 Å². The molecule has 21 heavy (non-hydrogen) atoms. The maximum atomic E-state index is 12.2. The molecular formula is C14H10BrClN4O. The molecule has 0 spiro atoms. The molecular weight excluding hydrogens is 356 g/mol. The van der Waals surface area contributed by atoms with Gasteiger partial charge < -0.3 is 10.6 Å². The summed E-state index contributed by atoms with van der Waals surface area (Å²) in [5.74, 6) is 0.107. The van der Waals surface area contributed by atoms with E-state index in [9.17, 15) is 4.79 Å². The fourth-order valence-electron chi connectivity index (χ4n) is 1.66. The molecule has 0 bridgehead atoms. The van der Waals surface area contributed by atoms with Gasteiger partial charge in [0.05, 0.1) is 21.8 Å². The number of rotatable bonds is 3. The van der Waals surface area contributed by atoms with E-state index in [0.29, 0.717) is 27.7 Å². The van der Waals surface area contributed by atoms with Gasteiger partial charge in [0.2, 0.25) is 0 Å². The number of nitrogens with one attached hydrogen (secondary N) is 2. The summed E-state index contributed by atoms with van der Waals surface area (Å²) < 4.78 is 0.762. The Morgan fingerprint density at radius 3 is 2.81 bits per heavy atom. The van der Waals surface area contributed by atoms with E-state index in [1.165, 1.54) is 12.3 Å². The third-order valence-electron chi connectivity index (χ3n) is 2.69. The van der Waals surface area contributed by atoms with Crippen LogP contribution in [0.4, 0.5) is 11.5 Å². The number of pyridine rings is 1. The molecule has 1 heterocycles. The van der Waals surface area contributed by atoms with Gasteiger partial charge in [-0.25, -0.2) is 4.98 Å². The molecule has 0 aliphatic heterocycles. The summed E-state index contributed by atoms with van der Waals surface area (Å²) in [5.41, 5.74) is 1.10. The minimum atomic E-state index is -0.387. The van der Waals surface area contributed by atoms with Crippen LogP contribution < -0.4 is 10.6 Å². The van der Waals surface area contributed by atoms with E-state index in [1.807, 2.05) is 6.07 Å². The summed E-state index contributed by atoms with van der Waals surface area (Å²) >= 11 is 9.30. The molecule has 0 aliphatic carbocycles. The second kappa shape index (κ2) is 6.57. The lowest BCUT2D eigenvalue weighted by molar-refractivity contribution is 0.102. The maximum absolute atomic E-state index is 12.2. The quantitative estimate of drug-likeness (QED) is 0.870. The van der Waals surface area contributed by atoms with Crippen molar-refractivity contribution in [2.75, 3.05) is 17.7 Å². The highest BCUT2D eigenvalue weighted by Crippen LogP contribution is 2.23. The highest BCUT2D eigenvalue weighted by atomic mass is 79.9. The molecule has 0 fully saturated rings. The predicted molar refractivity (Wildman–Crippen MR) is 85.6 cm³/mol. The number of aromatic nitrogens is 1. The van der Waals surface area contributed by atoms with Crippen LogP contribution in [0.5, 0.6) is 0 Å². The molecule has 0 saturated heterocycles. The zero-order chi connectivity index (χ0) is 15.4. The number of nitriles is 1. The van der Waals surface area contributed by atoms with Crippen LogP contribution in [0.1, 0.15) is 15.9 Å². The van der Waals surface area contributed by atoms with E-state index in [4.69, 9.17) is 16.9 Å². The van der Waals surface area contributed by atoms with Crippen LogP contribution in [0.15, 0.2) is 34.9 Å². The van der Waals surface area contributed by atoms with Gasteiger partial charge in [-0.05, 0) is 24.3 Å². The van der Waals surface area contributed by atoms with Crippen molar-refractivity contribution >= 4 is 44.9 Å². The Morgan fingerprint density at radius 1 is 1.43 bits per heavy atom. The molecule has 2 rings (SSSR count). The van der Waals surface area contributed by atoms with E-state index in [0.717, 1.165) is 4.47 Å². The molecule has 0 aliphatic rings. The van der Waals surface area contributed by atoms with E-state index in [2.05, 4.69) is 31.5 Å². The van der Waals surface area contributed by atoms with Crippen molar-refractivity contribution in [1.82, 2.24) is 4.98 Å². The first-order valence-corrected chi connectivity index (χ1v) is 7.06. The SMILES string of the molecule is CNc1ncc(C(=O)Nc2cc(Br)ccc2C#N)cc1Cl. The zero-order valence-corrected chi connectivity index (χ0v) is 13.3. The van der Waals surface area contributed by atoms with Crippen LogP contribution in [-0.4, -0.2) is 17.9 Å². The molecule has 0 radical (unpaired) electrons. The van der Waals surface area contributed by atoms with Crippen molar-refractivity contribution < 1.29 is 4.79 Å². The number of amides is 1.